The second kappa shape index (κ2) is 10.6. The van der Waals surface area contributed by atoms with Crippen molar-refractivity contribution in [3.63, 3.8) is 0 Å². The van der Waals surface area contributed by atoms with Crippen LogP contribution in [0, 0.1) is 13.8 Å². The highest BCUT2D eigenvalue weighted by Gasteiger charge is 2.54. The van der Waals surface area contributed by atoms with Gasteiger partial charge in [0.1, 0.15) is 40.2 Å². The fourth-order valence-corrected chi connectivity index (χ4v) is 7.23. The third-order valence-electron chi connectivity index (χ3n) is 5.67. The number of hydrogen-bond acceptors (Lipinski definition) is 10. The fraction of sp³-hybridized carbons (Fsp3) is 0.292. The van der Waals surface area contributed by atoms with Crippen LogP contribution in [-0.2, 0) is 16.2 Å². The van der Waals surface area contributed by atoms with Gasteiger partial charge < -0.3 is 19.6 Å². The molecule has 1 aromatic carbocycles. The number of carbonyl (C=O) groups excluding carboxylic acids is 2. The van der Waals surface area contributed by atoms with E-state index in [1.807, 2.05) is 38.1 Å². The molecule has 0 saturated carbocycles. The number of fused-ring (bicyclic) bond motifs is 1. The molecule has 1 saturated heterocycles. The maximum absolute atomic E-state index is 12.9. The van der Waals surface area contributed by atoms with Crippen molar-refractivity contribution in [3.05, 3.63) is 69.8 Å². The molecule has 4 heterocycles. The summed E-state index contributed by atoms with van der Waals surface area (Å²) in [6.07, 6.45) is 0. The fourth-order valence-electron chi connectivity index (χ4n) is 3.93. The molecule has 2 aliphatic rings. The Kier molecular flexibility index (Phi) is 7.26. The molecule has 0 bridgehead atoms. The van der Waals surface area contributed by atoms with E-state index in [1.165, 1.54) is 45.8 Å². The van der Waals surface area contributed by atoms with E-state index in [0.29, 0.717) is 28.6 Å². The van der Waals surface area contributed by atoms with Gasteiger partial charge in [0.15, 0.2) is 10.1 Å². The standard InChI is InChI=1S/C24H22N4O6S3/c1-12-4-3-5-15(8-12)33-9-16-6-7-17(34-16)20(29)25-18-21(30)28-19(23(31)32)14(10-35-22(18)28)11-36-24-27-26-13(2)37-24/h3-8,18,22H,9-11H2,1-2H3,(H,25,29)(H,31,32)/t18-,22-/m0/s1. The molecule has 10 nitrogen and oxygen atoms in total. The van der Waals surface area contributed by atoms with Gasteiger partial charge in [0.2, 0.25) is 0 Å². The van der Waals surface area contributed by atoms with Crippen LogP contribution in [0.5, 0.6) is 5.75 Å². The van der Waals surface area contributed by atoms with Gasteiger partial charge in [-0.15, -0.1) is 22.0 Å². The predicted octanol–water partition coefficient (Wildman–Crippen LogP) is 3.47. The first-order valence-electron chi connectivity index (χ1n) is 11.2. The maximum atomic E-state index is 12.9. The summed E-state index contributed by atoms with van der Waals surface area (Å²) in [7, 11) is 0. The first kappa shape index (κ1) is 25.4. The largest absolute Gasteiger partial charge is 0.486 e. The topological polar surface area (TPSA) is 135 Å². The summed E-state index contributed by atoms with van der Waals surface area (Å²) in [6, 6.07) is 9.90. The van der Waals surface area contributed by atoms with E-state index in [1.54, 1.807) is 6.07 Å². The van der Waals surface area contributed by atoms with Crippen molar-refractivity contribution in [1.82, 2.24) is 20.4 Å². The molecule has 0 aliphatic carbocycles. The highest BCUT2D eigenvalue weighted by atomic mass is 32.2. The van der Waals surface area contributed by atoms with Gasteiger partial charge >= 0.3 is 5.97 Å². The lowest BCUT2D eigenvalue weighted by atomic mass is 10.0. The molecule has 2 aliphatic heterocycles. The lowest BCUT2D eigenvalue weighted by Crippen LogP contribution is -2.70. The number of amides is 2. The van der Waals surface area contributed by atoms with E-state index in [9.17, 15) is 19.5 Å². The Morgan fingerprint density at radius 3 is 2.84 bits per heavy atom. The summed E-state index contributed by atoms with van der Waals surface area (Å²) in [5.41, 5.74) is 1.67. The van der Waals surface area contributed by atoms with Crippen LogP contribution in [0.4, 0.5) is 0 Å². The quantitative estimate of drug-likeness (QED) is 0.297. The third kappa shape index (κ3) is 5.38. The number of carboxylic acids is 1. The van der Waals surface area contributed by atoms with Crippen LogP contribution in [-0.4, -0.2) is 60.9 Å². The van der Waals surface area contributed by atoms with Crippen molar-refractivity contribution >= 4 is 52.6 Å². The molecule has 2 aromatic heterocycles. The molecular formula is C24H22N4O6S3. The first-order valence-corrected chi connectivity index (χ1v) is 14.1. The third-order valence-corrected chi connectivity index (χ3v) is 9.07. The van der Waals surface area contributed by atoms with Crippen molar-refractivity contribution in [1.29, 1.82) is 0 Å². The molecule has 2 amide bonds. The number of carboxylic acid groups (broad SMARTS) is 1. The van der Waals surface area contributed by atoms with Crippen molar-refractivity contribution in [2.75, 3.05) is 11.5 Å². The van der Waals surface area contributed by atoms with Gasteiger partial charge in [0, 0.05) is 11.5 Å². The van der Waals surface area contributed by atoms with E-state index < -0.39 is 29.2 Å². The number of β-lactam (4-membered cyclic amide) rings is 1. The molecule has 192 valence electrons. The minimum absolute atomic E-state index is 0.0263. The Morgan fingerprint density at radius 1 is 1.27 bits per heavy atom. The molecule has 5 rings (SSSR count). The minimum atomic E-state index is -1.17. The summed E-state index contributed by atoms with van der Waals surface area (Å²) in [4.78, 5) is 39.0. The SMILES string of the molecule is Cc1cccc(OCc2ccc(C(=O)N[C@H]3C(=O)N4C(C(=O)O)=C(CSc5nnc(C)s5)CS[C@@H]34)o2)c1. The van der Waals surface area contributed by atoms with Gasteiger partial charge in [-0.2, -0.15) is 0 Å². The molecule has 0 spiro atoms. The lowest BCUT2D eigenvalue weighted by molar-refractivity contribution is -0.148. The number of benzene rings is 1. The summed E-state index contributed by atoms with van der Waals surface area (Å²) < 4.78 is 12.0. The molecule has 1 fully saturated rings. The van der Waals surface area contributed by atoms with E-state index >= 15 is 0 Å². The molecular weight excluding hydrogens is 536 g/mol. The highest BCUT2D eigenvalue weighted by molar-refractivity contribution is 8.01. The molecule has 0 radical (unpaired) electrons. The number of furan rings is 1. The number of hydrogen-bond donors (Lipinski definition) is 2. The van der Waals surface area contributed by atoms with Crippen LogP contribution in [0.15, 0.2) is 56.4 Å². The molecule has 3 aromatic rings. The number of rotatable bonds is 9. The Labute approximate surface area is 224 Å². The van der Waals surface area contributed by atoms with Gasteiger partial charge in [-0.05, 0) is 49.2 Å². The van der Waals surface area contributed by atoms with E-state index in [4.69, 9.17) is 9.15 Å². The highest BCUT2D eigenvalue weighted by Crippen LogP contribution is 2.41. The number of nitrogens with zero attached hydrogens (tertiary/aromatic N) is 3. The van der Waals surface area contributed by atoms with E-state index in [2.05, 4.69) is 15.5 Å². The maximum Gasteiger partial charge on any atom is 0.352 e. The number of nitrogens with one attached hydrogen (secondary N) is 1. The van der Waals surface area contributed by atoms with Crippen molar-refractivity contribution in [3.8, 4) is 5.75 Å². The Hall–Kier alpha value is -3.29. The second-order valence-electron chi connectivity index (χ2n) is 8.37. The van der Waals surface area contributed by atoms with Crippen LogP contribution in [0.1, 0.15) is 26.9 Å². The smallest absolute Gasteiger partial charge is 0.352 e. The minimum Gasteiger partial charge on any atom is -0.486 e. The Balaban J connectivity index is 1.21. The van der Waals surface area contributed by atoms with Crippen LogP contribution < -0.4 is 10.1 Å². The summed E-state index contributed by atoms with van der Waals surface area (Å²) in [5.74, 6) is -0.170. The second-order valence-corrected chi connectivity index (χ2v) is 11.9. The number of aromatic nitrogens is 2. The van der Waals surface area contributed by atoms with E-state index in [-0.39, 0.29) is 18.1 Å². The number of carbonyl (C=O) groups is 3. The van der Waals surface area contributed by atoms with Crippen LogP contribution in [0.3, 0.4) is 0 Å². The Morgan fingerprint density at radius 2 is 2.11 bits per heavy atom. The van der Waals surface area contributed by atoms with E-state index in [0.717, 1.165) is 14.9 Å². The van der Waals surface area contributed by atoms with Crippen molar-refractivity contribution < 1.29 is 28.6 Å². The molecule has 37 heavy (non-hydrogen) atoms. The van der Waals surface area contributed by atoms with Crippen molar-refractivity contribution in [2.24, 2.45) is 0 Å². The molecule has 2 N–H and O–H groups in total. The number of ether oxygens (including phenoxy) is 1. The zero-order valence-corrected chi connectivity index (χ0v) is 22.2. The zero-order chi connectivity index (χ0) is 26.1. The average Bonchev–Trinajstić information content (AvgIpc) is 3.53. The monoisotopic (exact) mass is 558 g/mol. The number of aryl methyl sites for hydroxylation is 2. The summed E-state index contributed by atoms with van der Waals surface area (Å²) in [6.45, 7) is 3.96. The number of thioether (sulfide) groups is 2. The summed E-state index contributed by atoms with van der Waals surface area (Å²) >= 11 is 4.24. The normalized spacial score (nSPS) is 18.9. The predicted molar refractivity (Wildman–Crippen MR) is 139 cm³/mol. The van der Waals surface area contributed by atoms with Crippen molar-refractivity contribution in [2.45, 2.75) is 36.2 Å². The van der Waals surface area contributed by atoms with Crippen LogP contribution in [0.25, 0.3) is 0 Å². The van der Waals surface area contributed by atoms with Crippen LogP contribution >= 0.6 is 34.9 Å². The average molecular weight is 559 g/mol. The number of aliphatic carboxylic acids is 1. The first-order chi connectivity index (χ1) is 17.8. The van der Waals surface area contributed by atoms with Gasteiger partial charge in [-0.3, -0.25) is 14.5 Å². The zero-order valence-electron chi connectivity index (χ0n) is 19.8. The Bertz CT molecular complexity index is 1400. The van der Waals surface area contributed by atoms with Gasteiger partial charge in [-0.1, -0.05) is 35.2 Å². The van der Waals surface area contributed by atoms with Gasteiger partial charge in [0.25, 0.3) is 11.8 Å². The summed E-state index contributed by atoms with van der Waals surface area (Å²) in [5, 5.41) is 20.9. The van der Waals surface area contributed by atoms with Gasteiger partial charge in [-0.25, -0.2) is 4.79 Å². The molecule has 2 atom stereocenters. The van der Waals surface area contributed by atoms with Crippen LogP contribution in [0.2, 0.25) is 0 Å². The van der Waals surface area contributed by atoms with Gasteiger partial charge in [0.05, 0.1) is 0 Å². The lowest BCUT2D eigenvalue weighted by Gasteiger charge is -2.49. The molecule has 0 unspecified atom stereocenters. The molecule has 13 heteroatoms.